The van der Waals surface area contributed by atoms with Crippen LogP contribution in [-0.2, 0) is 0 Å². The number of likely N-dealkylation sites (tertiary alicyclic amines) is 1. The summed E-state index contributed by atoms with van der Waals surface area (Å²) in [5.41, 5.74) is 2.50. The number of nitrogens with zero attached hydrogens (tertiary/aromatic N) is 1. The van der Waals surface area contributed by atoms with Crippen molar-refractivity contribution in [1.29, 1.82) is 0 Å². The van der Waals surface area contributed by atoms with Crippen LogP contribution in [0.15, 0.2) is 24.3 Å². The van der Waals surface area contributed by atoms with Gasteiger partial charge in [-0.15, -0.1) is 0 Å². The molecule has 1 saturated heterocycles. The zero-order chi connectivity index (χ0) is 14.0. The molecule has 0 spiro atoms. The summed E-state index contributed by atoms with van der Waals surface area (Å²) in [7, 11) is 0. The first kappa shape index (κ1) is 14.5. The van der Waals surface area contributed by atoms with Gasteiger partial charge in [-0.3, -0.25) is 4.90 Å². The van der Waals surface area contributed by atoms with Gasteiger partial charge in [-0.1, -0.05) is 38.1 Å². The lowest BCUT2D eigenvalue weighted by atomic mass is 9.86. The van der Waals surface area contributed by atoms with Gasteiger partial charge in [0.25, 0.3) is 0 Å². The fourth-order valence-corrected chi connectivity index (χ4v) is 2.90. The van der Waals surface area contributed by atoms with Crippen molar-refractivity contribution in [3.8, 4) is 0 Å². The fraction of sp³-hybridized carbons (Fsp3) is 0.647. The Bertz CT molecular complexity index is 396. The van der Waals surface area contributed by atoms with Gasteiger partial charge < -0.3 is 0 Å². The molecule has 1 aromatic rings. The molecule has 0 unspecified atom stereocenters. The number of hydrogen-bond acceptors (Lipinski definition) is 1. The van der Waals surface area contributed by atoms with Gasteiger partial charge in [0.1, 0.15) is 6.17 Å². The highest BCUT2D eigenvalue weighted by Crippen LogP contribution is 2.32. The summed E-state index contributed by atoms with van der Waals surface area (Å²) in [6.07, 6.45) is 0.196. The van der Waals surface area contributed by atoms with E-state index in [0.717, 1.165) is 13.0 Å². The normalized spacial score (nSPS) is 25.2. The minimum Gasteiger partial charge on any atom is -0.298 e. The lowest BCUT2D eigenvalue weighted by Crippen LogP contribution is -2.44. The summed E-state index contributed by atoms with van der Waals surface area (Å²) in [5.74, 6) is 0.620. The van der Waals surface area contributed by atoms with Gasteiger partial charge in [-0.25, -0.2) is 4.39 Å². The highest BCUT2D eigenvalue weighted by Gasteiger charge is 2.31. The van der Waals surface area contributed by atoms with Gasteiger partial charge in [0.15, 0.2) is 0 Å². The average Bonchev–Trinajstić information content (AvgIpc) is 2.38. The van der Waals surface area contributed by atoms with Crippen LogP contribution in [-0.4, -0.2) is 30.2 Å². The third-order valence-electron chi connectivity index (χ3n) is 4.33. The Morgan fingerprint density at radius 1 is 1.11 bits per heavy atom. The van der Waals surface area contributed by atoms with Gasteiger partial charge in [0, 0.05) is 18.5 Å². The monoisotopic (exact) mass is 263 g/mol. The first-order valence-electron chi connectivity index (χ1n) is 7.47. The fourth-order valence-electron chi connectivity index (χ4n) is 2.90. The largest absolute Gasteiger partial charge is 0.298 e. The number of piperidine rings is 1. The molecule has 1 heterocycles. The second-order valence-corrected chi connectivity index (χ2v) is 6.32. The molecule has 0 aliphatic carbocycles. The third-order valence-corrected chi connectivity index (χ3v) is 4.33. The molecular formula is C17H26FN. The van der Waals surface area contributed by atoms with Gasteiger partial charge in [-0.05, 0) is 43.9 Å². The van der Waals surface area contributed by atoms with Gasteiger partial charge in [-0.2, -0.15) is 0 Å². The van der Waals surface area contributed by atoms with E-state index in [1.807, 2.05) is 0 Å². The van der Waals surface area contributed by atoms with Crippen LogP contribution in [0.2, 0.25) is 0 Å². The van der Waals surface area contributed by atoms with Crippen molar-refractivity contribution >= 4 is 0 Å². The van der Waals surface area contributed by atoms with E-state index < -0.39 is 6.17 Å². The number of benzene rings is 1. The maximum absolute atomic E-state index is 14.4. The van der Waals surface area contributed by atoms with Crippen LogP contribution < -0.4 is 0 Å². The van der Waals surface area contributed by atoms with E-state index in [9.17, 15) is 4.39 Å². The Balaban J connectivity index is 2.06. The van der Waals surface area contributed by atoms with Crippen LogP contribution in [0.4, 0.5) is 4.39 Å². The first-order valence-corrected chi connectivity index (χ1v) is 7.47. The molecule has 0 aromatic heterocycles. The molecule has 0 radical (unpaired) electrons. The highest BCUT2D eigenvalue weighted by molar-refractivity contribution is 5.28. The van der Waals surface area contributed by atoms with E-state index in [0.29, 0.717) is 18.5 Å². The van der Waals surface area contributed by atoms with E-state index in [-0.39, 0.29) is 5.92 Å². The zero-order valence-corrected chi connectivity index (χ0v) is 12.6. The maximum Gasteiger partial charge on any atom is 0.120 e. The Labute approximate surface area is 116 Å². The van der Waals surface area contributed by atoms with Crippen molar-refractivity contribution in [2.75, 3.05) is 13.1 Å². The molecule has 1 aliphatic rings. The predicted molar refractivity (Wildman–Crippen MR) is 79.5 cm³/mol. The minimum atomic E-state index is -0.735. The maximum atomic E-state index is 14.4. The lowest BCUT2D eigenvalue weighted by Gasteiger charge is -2.37. The Morgan fingerprint density at radius 2 is 1.74 bits per heavy atom. The molecule has 19 heavy (non-hydrogen) atoms. The number of halogens is 1. The van der Waals surface area contributed by atoms with Crippen LogP contribution in [0, 0.1) is 0 Å². The first-order chi connectivity index (χ1) is 8.99. The second-order valence-electron chi connectivity index (χ2n) is 6.32. The minimum absolute atomic E-state index is 0.0798. The van der Waals surface area contributed by atoms with Crippen LogP contribution in [0.3, 0.4) is 0 Å². The predicted octanol–water partition coefficient (Wildman–Crippen LogP) is 4.35. The molecule has 2 atom stereocenters. The number of hydrogen-bond donors (Lipinski definition) is 0. The molecule has 1 aliphatic heterocycles. The van der Waals surface area contributed by atoms with Gasteiger partial charge in [0.05, 0.1) is 0 Å². The van der Waals surface area contributed by atoms with Crippen molar-refractivity contribution in [3.05, 3.63) is 35.4 Å². The molecule has 1 aromatic carbocycles. The smallest absolute Gasteiger partial charge is 0.120 e. The van der Waals surface area contributed by atoms with E-state index in [4.69, 9.17) is 0 Å². The van der Waals surface area contributed by atoms with E-state index in [1.54, 1.807) is 0 Å². The van der Waals surface area contributed by atoms with E-state index in [1.165, 1.54) is 11.1 Å². The van der Waals surface area contributed by atoms with Gasteiger partial charge in [0.2, 0.25) is 0 Å². The van der Waals surface area contributed by atoms with Crippen LogP contribution in [0.25, 0.3) is 0 Å². The molecule has 1 nitrogen and oxygen atoms in total. The second kappa shape index (κ2) is 6.04. The lowest BCUT2D eigenvalue weighted by molar-refractivity contribution is 0.0940. The SMILES string of the molecule is CC(C)c1ccc([C@H]2CCN(C(C)C)C[C@H]2F)cc1. The molecule has 106 valence electrons. The summed E-state index contributed by atoms with van der Waals surface area (Å²) in [4.78, 5) is 2.24. The molecule has 0 amide bonds. The number of alkyl halides is 1. The third kappa shape index (κ3) is 3.36. The zero-order valence-electron chi connectivity index (χ0n) is 12.6. The van der Waals surface area contributed by atoms with Crippen molar-refractivity contribution in [1.82, 2.24) is 4.90 Å². The summed E-state index contributed by atoms with van der Waals surface area (Å²) in [6, 6.07) is 9.00. The summed E-state index contributed by atoms with van der Waals surface area (Å²) < 4.78 is 14.4. The molecule has 0 N–H and O–H groups in total. The van der Waals surface area contributed by atoms with Crippen LogP contribution >= 0.6 is 0 Å². The summed E-state index contributed by atoms with van der Waals surface area (Å²) >= 11 is 0. The van der Waals surface area contributed by atoms with Crippen molar-refractivity contribution < 1.29 is 4.39 Å². The van der Waals surface area contributed by atoms with Crippen LogP contribution in [0.1, 0.15) is 57.1 Å². The van der Waals surface area contributed by atoms with Crippen molar-refractivity contribution in [2.24, 2.45) is 0 Å². The molecule has 0 saturated carbocycles. The average molecular weight is 263 g/mol. The number of rotatable bonds is 3. The molecule has 1 fully saturated rings. The Morgan fingerprint density at radius 3 is 2.21 bits per heavy atom. The Kier molecular flexibility index (Phi) is 4.62. The van der Waals surface area contributed by atoms with Crippen molar-refractivity contribution in [3.63, 3.8) is 0 Å². The highest BCUT2D eigenvalue weighted by atomic mass is 19.1. The van der Waals surface area contributed by atoms with Gasteiger partial charge >= 0.3 is 0 Å². The molecular weight excluding hydrogens is 237 g/mol. The van der Waals surface area contributed by atoms with Crippen molar-refractivity contribution in [2.45, 2.75) is 58.2 Å². The van der Waals surface area contributed by atoms with E-state index in [2.05, 4.69) is 56.9 Å². The summed E-state index contributed by atoms with van der Waals surface area (Å²) in [5, 5.41) is 0. The van der Waals surface area contributed by atoms with E-state index >= 15 is 0 Å². The topological polar surface area (TPSA) is 3.24 Å². The quantitative estimate of drug-likeness (QED) is 0.784. The molecule has 2 heteroatoms. The molecule has 0 bridgehead atoms. The molecule has 2 rings (SSSR count). The Hall–Kier alpha value is -0.890. The standard InChI is InChI=1S/C17H26FN/c1-12(2)14-5-7-15(8-6-14)16-9-10-19(13(3)4)11-17(16)18/h5-8,12-13,16-17H,9-11H2,1-4H3/t16-,17-/m1/s1. The van der Waals surface area contributed by atoms with Crippen LogP contribution in [0.5, 0.6) is 0 Å². The summed E-state index contributed by atoms with van der Waals surface area (Å²) in [6.45, 7) is 10.3.